The van der Waals surface area contributed by atoms with Crippen molar-refractivity contribution in [3.63, 3.8) is 0 Å². The van der Waals surface area contributed by atoms with Crippen LogP contribution >= 0.6 is 0 Å². The third-order valence-electron chi connectivity index (χ3n) is 2.99. The van der Waals surface area contributed by atoms with E-state index in [2.05, 4.69) is 0 Å². The largest absolute Gasteiger partial charge is 0.481 e. The van der Waals surface area contributed by atoms with Crippen molar-refractivity contribution in [3.05, 3.63) is 29.3 Å². The first kappa shape index (κ1) is 12.1. The van der Waals surface area contributed by atoms with Crippen molar-refractivity contribution in [3.8, 4) is 0 Å². The second kappa shape index (κ2) is 4.12. The minimum Gasteiger partial charge on any atom is -0.481 e. The summed E-state index contributed by atoms with van der Waals surface area (Å²) in [4.78, 5) is 11.2. The lowest BCUT2D eigenvalue weighted by molar-refractivity contribution is -0.138. The fourth-order valence-corrected chi connectivity index (χ4v) is 3.99. The molecule has 0 bridgehead atoms. The number of aliphatic carboxylic acids is 1. The highest BCUT2D eigenvalue weighted by Crippen LogP contribution is 2.33. The van der Waals surface area contributed by atoms with Gasteiger partial charge in [0.05, 0.1) is 16.6 Å². The number of hydrogen-bond donors (Lipinski definition) is 2. The summed E-state index contributed by atoms with van der Waals surface area (Å²) in [6.07, 6.45) is 0.447. The Morgan fingerprint density at radius 1 is 1.47 bits per heavy atom. The quantitative estimate of drug-likeness (QED) is 0.800. The Kier molecular flexibility index (Phi) is 2.92. The summed E-state index contributed by atoms with van der Waals surface area (Å²) in [5.41, 5.74) is 6.42. The van der Waals surface area contributed by atoms with Crippen LogP contribution in [0.5, 0.6) is 0 Å². The zero-order chi connectivity index (χ0) is 12.6. The van der Waals surface area contributed by atoms with Crippen LogP contribution < -0.4 is 5.73 Å². The first-order valence-electron chi connectivity index (χ1n) is 5.25. The minimum atomic E-state index is -3.34. The van der Waals surface area contributed by atoms with Gasteiger partial charge in [-0.3, -0.25) is 4.79 Å². The van der Waals surface area contributed by atoms with E-state index in [-0.39, 0.29) is 17.2 Å². The molecule has 0 radical (unpaired) electrons. The lowest BCUT2D eigenvalue weighted by atomic mass is 9.97. The summed E-state index contributed by atoms with van der Waals surface area (Å²) in [5.74, 6) is -2.00. The molecule has 2 rings (SSSR count). The third kappa shape index (κ3) is 1.94. The van der Waals surface area contributed by atoms with Gasteiger partial charge in [0.2, 0.25) is 0 Å². The molecule has 1 aromatic rings. The molecule has 0 fully saturated rings. The van der Waals surface area contributed by atoms with Crippen LogP contribution in [0.3, 0.4) is 0 Å². The number of aryl methyl sites for hydroxylation is 1. The summed E-state index contributed by atoms with van der Waals surface area (Å²) in [6.45, 7) is -0.110. The van der Waals surface area contributed by atoms with Gasteiger partial charge in [0, 0.05) is 6.54 Å². The molecule has 0 amide bonds. The fourth-order valence-electron chi connectivity index (χ4n) is 2.16. The number of benzene rings is 1. The maximum Gasteiger partial charge on any atom is 0.312 e. The van der Waals surface area contributed by atoms with E-state index in [0.29, 0.717) is 17.5 Å². The number of nitrogens with two attached hydrogens (primary N) is 1. The highest BCUT2D eigenvalue weighted by molar-refractivity contribution is 7.91. The van der Waals surface area contributed by atoms with E-state index in [1.165, 1.54) is 6.07 Å². The molecule has 5 nitrogen and oxygen atoms in total. The lowest BCUT2D eigenvalue weighted by Gasteiger charge is -2.14. The van der Waals surface area contributed by atoms with E-state index >= 15 is 0 Å². The molecule has 1 aliphatic rings. The highest BCUT2D eigenvalue weighted by Gasteiger charge is 2.33. The Morgan fingerprint density at radius 2 is 2.18 bits per heavy atom. The van der Waals surface area contributed by atoms with Gasteiger partial charge in [-0.05, 0) is 17.5 Å². The van der Waals surface area contributed by atoms with Crippen LogP contribution in [-0.2, 0) is 21.1 Å². The van der Waals surface area contributed by atoms with Gasteiger partial charge >= 0.3 is 5.97 Å². The number of carboxylic acid groups (broad SMARTS) is 1. The zero-order valence-corrected chi connectivity index (χ0v) is 9.90. The minimum absolute atomic E-state index is 0.0518. The van der Waals surface area contributed by atoms with E-state index in [0.717, 1.165) is 0 Å². The summed E-state index contributed by atoms with van der Waals surface area (Å²) in [6, 6.07) is 4.94. The normalized spacial score (nSPS) is 18.6. The monoisotopic (exact) mass is 255 g/mol. The smallest absolute Gasteiger partial charge is 0.312 e. The van der Waals surface area contributed by atoms with Crippen LogP contribution in [0.1, 0.15) is 17.0 Å². The summed E-state index contributed by atoms with van der Waals surface area (Å²) in [7, 11) is -3.34. The predicted octanol–water partition coefficient (Wildman–Crippen LogP) is 0.143. The van der Waals surface area contributed by atoms with Gasteiger partial charge in [-0.1, -0.05) is 18.2 Å². The maximum absolute atomic E-state index is 11.9. The first-order valence-corrected chi connectivity index (χ1v) is 6.90. The predicted molar refractivity (Wildman–Crippen MR) is 61.6 cm³/mol. The molecule has 1 aromatic carbocycles. The molecular formula is C11H13NO4S. The number of rotatable bonds is 3. The number of fused-ring (bicyclic) bond motifs is 1. The average molecular weight is 255 g/mol. The van der Waals surface area contributed by atoms with Crippen LogP contribution in [0.25, 0.3) is 0 Å². The second-order valence-corrected chi connectivity index (χ2v) is 6.08. The van der Waals surface area contributed by atoms with Crippen LogP contribution in [-0.4, -0.2) is 31.8 Å². The Balaban J connectivity index is 2.65. The molecule has 0 aliphatic carbocycles. The molecule has 17 heavy (non-hydrogen) atoms. The van der Waals surface area contributed by atoms with E-state index in [1.807, 2.05) is 0 Å². The maximum atomic E-state index is 11.9. The molecule has 92 valence electrons. The Labute approximate surface area is 99.2 Å². The highest BCUT2D eigenvalue weighted by atomic mass is 32.2. The van der Waals surface area contributed by atoms with E-state index in [9.17, 15) is 13.2 Å². The molecule has 0 aromatic heterocycles. The molecule has 3 N–H and O–H groups in total. The van der Waals surface area contributed by atoms with Gasteiger partial charge in [0.25, 0.3) is 0 Å². The van der Waals surface area contributed by atoms with E-state index in [4.69, 9.17) is 10.8 Å². The fraction of sp³-hybridized carbons (Fsp3) is 0.364. The van der Waals surface area contributed by atoms with Gasteiger partial charge in [-0.15, -0.1) is 0 Å². The lowest BCUT2D eigenvalue weighted by Crippen LogP contribution is -2.23. The van der Waals surface area contributed by atoms with E-state index < -0.39 is 21.7 Å². The Hall–Kier alpha value is -1.40. The molecule has 0 saturated heterocycles. The summed E-state index contributed by atoms with van der Waals surface area (Å²) >= 11 is 0. The number of hydrogen-bond acceptors (Lipinski definition) is 4. The Morgan fingerprint density at radius 3 is 2.76 bits per heavy atom. The molecule has 1 aliphatic heterocycles. The van der Waals surface area contributed by atoms with Crippen molar-refractivity contribution in [1.29, 1.82) is 0 Å². The van der Waals surface area contributed by atoms with Gasteiger partial charge in [0.1, 0.15) is 0 Å². The molecule has 1 heterocycles. The number of carbonyl (C=O) groups is 1. The van der Waals surface area contributed by atoms with Crippen LogP contribution in [0, 0.1) is 0 Å². The SMILES string of the molecule is NCC(C(=O)O)c1cccc2c1S(=O)(=O)CC2. The molecular weight excluding hydrogens is 242 g/mol. The summed E-state index contributed by atoms with van der Waals surface area (Å²) < 4.78 is 23.8. The first-order chi connectivity index (χ1) is 7.97. The molecule has 0 saturated carbocycles. The molecule has 1 unspecified atom stereocenters. The second-order valence-electron chi connectivity index (χ2n) is 4.03. The molecule has 0 spiro atoms. The Bertz CT molecular complexity index is 565. The standard InChI is InChI=1S/C11H13NO4S/c12-6-9(11(13)14)8-3-1-2-7-4-5-17(15,16)10(7)8/h1-3,9H,4-6,12H2,(H,13,14). The van der Waals surface area contributed by atoms with Gasteiger partial charge in [-0.25, -0.2) is 8.42 Å². The summed E-state index contributed by atoms with van der Waals surface area (Å²) in [5, 5.41) is 9.05. The molecule has 6 heteroatoms. The number of carboxylic acids is 1. The van der Waals surface area contributed by atoms with Crippen molar-refractivity contribution < 1.29 is 18.3 Å². The van der Waals surface area contributed by atoms with Crippen molar-refractivity contribution >= 4 is 15.8 Å². The van der Waals surface area contributed by atoms with Crippen molar-refractivity contribution in [1.82, 2.24) is 0 Å². The zero-order valence-electron chi connectivity index (χ0n) is 9.09. The third-order valence-corrected chi connectivity index (χ3v) is 4.85. The molecule has 1 atom stereocenters. The van der Waals surface area contributed by atoms with Crippen molar-refractivity contribution in [2.24, 2.45) is 5.73 Å². The van der Waals surface area contributed by atoms with Crippen LogP contribution in [0.15, 0.2) is 23.1 Å². The van der Waals surface area contributed by atoms with Gasteiger partial charge in [0.15, 0.2) is 9.84 Å². The van der Waals surface area contributed by atoms with Crippen LogP contribution in [0.4, 0.5) is 0 Å². The topological polar surface area (TPSA) is 97.5 Å². The van der Waals surface area contributed by atoms with Crippen LogP contribution in [0.2, 0.25) is 0 Å². The number of sulfone groups is 1. The van der Waals surface area contributed by atoms with Gasteiger partial charge in [-0.2, -0.15) is 0 Å². The average Bonchev–Trinajstić information content (AvgIpc) is 2.56. The van der Waals surface area contributed by atoms with E-state index in [1.54, 1.807) is 12.1 Å². The van der Waals surface area contributed by atoms with Crippen molar-refractivity contribution in [2.45, 2.75) is 17.2 Å². The van der Waals surface area contributed by atoms with Gasteiger partial charge < -0.3 is 10.8 Å². The van der Waals surface area contributed by atoms with Crippen molar-refractivity contribution in [2.75, 3.05) is 12.3 Å².